The van der Waals surface area contributed by atoms with Crippen molar-refractivity contribution in [1.82, 2.24) is 9.97 Å². The zero-order valence-electron chi connectivity index (χ0n) is 7.95. The lowest BCUT2D eigenvalue weighted by atomic mass is 10.1. The van der Waals surface area contributed by atoms with E-state index in [9.17, 15) is 13.2 Å². The van der Waals surface area contributed by atoms with Crippen LogP contribution in [0.15, 0.2) is 12.4 Å². The maximum atomic E-state index is 12.1. The Balaban J connectivity index is 2.72. The van der Waals surface area contributed by atoms with Crippen molar-refractivity contribution < 1.29 is 17.9 Å². The minimum atomic E-state index is -4.42. The van der Waals surface area contributed by atoms with E-state index in [1.807, 2.05) is 0 Å². The zero-order chi connectivity index (χ0) is 11.5. The Morgan fingerprint density at radius 1 is 1.47 bits per heavy atom. The number of alkyl halides is 3. The summed E-state index contributed by atoms with van der Waals surface area (Å²) in [5.41, 5.74) is 5.15. The van der Waals surface area contributed by atoms with Crippen molar-refractivity contribution in [3.8, 4) is 5.88 Å². The predicted octanol–water partition coefficient (Wildman–Crippen LogP) is 0.917. The average Bonchev–Trinajstić information content (AvgIpc) is 2.16. The minimum absolute atomic E-state index is 0.201. The number of aromatic nitrogens is 2. The molecule has 0 spiro atoms. The zero-order valence-corrected chi connectivity index (χ0v) is 7.95. The van der Waals surface area contributed by atoms with Crippen LogP contribution in [0.25, 0.3) is 0 Å². The fourth-order valence-electron chi connectivity index (χ4n) is 0.941. The second kappa shape index (κ2) is 4.43. The van der Waals surface area contributed by atoms with Crippen LogP contribution in [0, 0.1) is 0 Å². The van der Waals surface area contributed by atoms with Gasteiger partial charge in [-0.15, -0.1) is 0 Å². The predicted molar refractivity (Wildman–Crippen MR) is 46.3 cm³/mol. The van der Waals surface area contributed by atoms with Crippen LogP contribution in [0.5, 0.6) is 5.88 Å². The van der Waals surface area contributed by atoms with E-state index < -0.39 is 12.2 Å². The number of hydrogen-bond donors (Lipinski definition) is 1. The second-order valence-electron chi connectivity index (χ2n) is 2.90. The molecule has 0 saturated carbocycles. The fourth-order valence-corrected chi connectivity index (χ4v) is 0.941. The summed E-state index contributed by atoms with van der Waals surface area (Å²) >= 11 is 0. The van der Waals surface area contributed by atoms with Crippen LogP contribution < -0.4 is 10.5 Å². The number of methoxy groups -OCH3 is 1. The van der Waals surface area contributed by atoms with Gasteiger partial charge in [-0.3, -0.25) is 0 Å². The number of hydrogen-bond acceptors (Lipinski definition) is 4. The van der Waals surface area contributed by atoms with Crippen molar-refractivity contribution in [1.29, 1.82) is 0 Å². The molecule has 0 aliphatic rings. The molecule has 15 heavy (non-hydrogen) atoms. The summed E-state index contributed by atoms with van der Waals surface area (Å²) in [6, 6.07) is -0.594. The first-order chi connectivity index (χ1) is 6.93. The lowest BCUT2D eigenvalue weighted by Crippen LogP contribution is -2.39. The molecule has 0 saturated heterocycles. The Hall–Kier alpha value is -1.37. The smallest absolute Gasteiger partial charge is 0.404 e. The molecule has 0 aliphatic carbocycles. The first kappa shape index (κ1) is 11.7. The van der Waals surface area contributed by atoms with Crippen molar-refractivity contribution in [3.63, 3.8) is 0 Å². The second-order valence-corrected chi connectivity index (χ2v) is 2.90. The van der Waals surface area contributed by atoms with Crippen LogP contribution in [0.1, 0.15) is 5.69 Å². The van der Waals surface area contributed by atoms with Crippen molar-refractivity contribution in [3.05, 3.63) is 18.1 Å². The van der Waals surface area contributed by atoms with Crippen LogP contribution in [0.4, 0.5) is 13.2 Å². The molecule has 7 heteroatoms. The van der Waals surface area contributed by atoms with Gasteiger partial charge in [-0.25, -0.2) is 9.97 Å². The molecule has 1 unspecified atom stereocenters. The number of halogens is 3. The van der Waals surface area contributed by atoms with Gasteiger partial charge in [-0.05, 0) is 0 Å². The van der Waals surface area contributed by atoms with E-state index in [-0.39, 0.29) is 18.0 Å². The maximum absolute atomic E-state index is 12.1. The highest BCUT2D eigenvalue weighted by Crippen LogP contribution is 2.21. The highest BCUT2D eigenvalue weighted by molar-refractivity contribution is 5.14. The van der Waals surface area contributed by atoms with E-state index >= 15 is 0 Å². The van der Waals surface area contributed by atoms with Gasteiger partial charge in [0.1, 0.15) is 12.4 Å². The standard InChI is InChI=1S/C8H10F3N3O/c1-15-7-3-5(13-4-14-7)2-6(12)8(9,10)11/h3-4,6H,2,12H2,1H3. The summed E-state index contributed by atoms with van der Waals surface area (Å²) in [6.45, 7) is 0. The van der Waals surface area contributed by atoms with E-state index in [4.69, 9.17) is 10.5 Å². The molecule has 2 N–H and O–H groups in total. The average molecular weight is 221 g/mol. The Morgan fingerprint density at radius 3 is 2.67 bits per heavy atom. The van der Waals surface area contributed by atoms with Gasteiger partial charge in [0.2, 0.25) is 5.88 Å². The molecule has 1 rings (SSSR count). The maximum Gasteiger partial charge on any atom is 0.404 e. The highest BCUT2D eigenvalue weighted by atomic mass is 19.4. The number of nitrogens with zero attached hydrogens (tertiary/aromatic N) is 2. The van der Waals surface area contributed by atoms with Gasteiger partial charge in [0, 0.05) is 18.2 Å². The summed E-state index contributed by atoms with van der Waals surface area (Å²) in [7, 11) is 1.37. The van der Waals surface area contributed by atoms with E-state index in [1.54, 1.807) is 0 Å². The van der Waals surface area contributed by atoms with Gasteiger partial charge in [0.15, 0.2) is 0 Å². The molecule has 0 amide bonds. The normalized spacial score (nSPS) is 13.7. The van der Waals surface area contributed by atoms with Crippen LogP contribution in [0.2, 0.25) is 0 Å². The number of nitrogens with two attached hydrogens (primary N) is 1. The Morgan fingerprint density at radius 2 is 2.13 bits per heavy atom. The number of rotatable bonds is 3. The van der Waals surface area contributed by atoms with Crippen molar-refractivity contribution in [2.45, 2.75) is 18.6 Å². The Kier molecular flexibility index (Phi) is 3.46. The van der Waals surface area contributed by atoms with E-state index in [1.165, 1.54) is 13.2 Å². The molecule has 0 fully saturated rings. The van der Waals surface area contributed by atoms with Crippen molar-refractivity contribution in [2.24, 2.45) is 5.73 Å². The minimum Gasteiger partial charge on any atom is -0.481 e. The van der Waals surface area contributed by atoms with Gasteiger partial charge in [-0.2, -0.15) is 13.2 Å². The van der Waals surface area contributed by atoms with Crippen LogP contribution >= 0.6 is 0 Å². The molecule has 0 bridgehead atoms. The molecule has 1 atom stereocenters. The molecular formula is C8H10F3N3O. The van der Waals surface area contributed by atoms with Gasteiger partial charge >= 0.3 is 6.18 Å². The first-order valence-corrected chi connectivity index (χ1v) is 4.10. The molecular weight excluding hydrogens is 211 g/mol. The van der Waals surface area contributed by atoms with Gasteiger partial charge in [0.25, 0.3) is 0 Å². The summed E-state index contributed by atoms with van der Waals surface area (Å²) < 4.78 is 41.1. The molecule has 0 aromatic carbocycles. The van der Waals surface area contributed by atoms with Gasteiger partial charge in [0.05, 0.1) is 7.11 Å². The molecule has 0 aliphatic heterocycles. The molecule has 1 heterocycles. The van der Waals surface area contributed by atoms with Gasteiger partial charge in [-0.1, -0.05) is 0 Å². The van der Waals surface area contributed by atoms with Crippen LogP contribution in [-0.4, -0.2) is 29.3 Å². The van der Waals surface area contributed by atoms with Crippen LogP contribution in [0.3, 0.4) is 0 Å². The van der Waals surface area contributed by atoms with Crippen LogP contribution in [-0.2, 0) is 6.42 Å². The Bertz CT molecular complexity index is 329. The molecule has 1 aromatic rings. The lowest BCUT2D eigenvalue weighted by Gasteiger charge is -2.14. The van der Waals surface area contributed by atoms with E-state index in [2.05, 4.69) is 9.97 Å². The third kappa shape index (κ3) is 3.35. The molecule has 1 aromatic heterocycles. The lowest BCUT2D eigenvalue weighted by molar-refractivity contribution is -0.147. The molecule has 0 radical (unpaired) electrons. The largest absolute Gasteiger partial charge is 0.481 e. The van der Waals surface area contributed by atoms with E-state index in [0.29, 0.717) is 0 Å². The van der Waals surface area contributed by atoms with Gasteiger partial charge < -0.3 is 10.5 Å². The summed E-state index contributed by atoms with van der Waals surface area (Å²) in [5.74, 6) is 0.217. The molecule has 84 valence electrons. The summed E-state index contributed by atoms with van der Waals surface area (Å²) in [4.78, 5) is 7.34. The number of ether oxygens (including phenoxy) is 1. The third-order valence-electron chi connectivity index (χ3n) is 1.76. The fraction of sp³-hybridized carbons (Fsp3) is 0.500. The first-order valence-electron chi connectivity index (χ1n) is 4.10. The quantitative estimate of drug-likeness (QED) is 0.824. The monoisotopic (exact) mass is 221 g/mol. The summed E-state index contributed by atoms with van der Waals surface area (Å²) in [5, 5.41) is 0. The topological polar surface area (TPSA) is 61.0 Å². The third-order valence-corrected chi connectivity index (χ3v) is 1.76. The SMILES string of the molecule is COc1cc(CC(N)C(F)(F)F)ncn1. The summed E-state index contributed by atoms with van der Waals surface area (Å²) in [6.07, 6.45) is -3.67. The van der Waals surface area contributed by atoms with Crippen molar-refractivity contribution in [2.75, 3.05) is 7.11 Å². The highest BCUT2D eigenvalue weighted by Gasteiger charge is 2.36. The van der Waals surface area contributed by atoms with Crippen molar-refractivity contribution >= 4 is 0 Å². The Labute approximate surface area is 84.3 Å². The van der Waals surface area contributed by atoms with E-state index in [0.717, 1.165) is 6.33 Å². The molecule has 4 nitrogen and oxygen atoms in total.